The molecule has 0 amide bonds. The van der Waals surface area contributed by atoms with Crippen molar-refractivity contribution in [2.75, 3.05) is 0 Å². The summed E-state index contributed by atoms with van der Waals surface area (Å²) in [6, 6.07) is 22.2. The summed E-state index contributed by atoms with van der Waals surface area (Å²) in [6.45, 7) is 3.88. The van der Waals surface area contributed by atoms with Gasteiger partial charge in [-0.3, -0.25) is 0 Å². The van der Waals surface area contributed by atoms with E-state index in [2.05, 4.69) is 0 Å². The van der Waals surface area contributed by atoms with Crippen LogP contribution in [0.5, 0.6) is 0 Å². The van der Waals surface area contributed by atoms with E-state index in [1.807, 2.05) is 62.4 Å². The van der Waals surface area contributed by atoms with Gasteiger partial charge in [0.1, 0.15) is 0 Å². The normalized spacial score (nSPS) is 11.4. The fourth-order valence-electron chi connectivity index (χ4n) is 2.60. The van der Waals surface area contributed by atoms with Crippen LogP contribution >= 0.6 is 0 Å². The molecule has 0 saturated carbocycles. The predicted octanol–water partition coefficient (Wildman–Crippen LogP) is 4.80. The van der Waals surface area contributed by atoms with E-state index < -0.39 is 9.84 Å². The van der Waals surface area contributed by atoms with Crippen LogP contribution in [0.2, 0.25) is 0 Å². The molecule has 0 aliphatic heterocycles. The van der Waals surface area contributed by atoms with Gasteiger partial charge in [-0.2, -0.15) is 0 Å². The molecule has 0 radical (unpaired) electrons. The highest BCUT2D eigenvalue weighted by Crippen LogP contribution is 2.28. The van der Waals surface area contributed by atoms with Crippen molar-refractivity contribution in [3.05, 3.63) is 83.9 Å². The van der Waals surface area contributed by atoms with Crippen LogP contribution in [0.3, 0.4) is 0 Å². The fraction of sp³-hybridized carbons (Fsp3) is 0.100. The second-order valence-corrected chi connectivity index (χ2v) is 7.61. The van der Waals surface area contributed by atoms with Gasteiger partial charge in [-0.25, -0.2) is 8.42 Å². The van der Waals surface area contributed by atoms with Gasteiger partial charge in [-0.15, -0.1) is 0 Å². The van der Waals surface area contributed by atoms with Gasteiger partial charge >= 0.3 is 0 Å². The molecule has 0 aromatic heterocycles. The van der Waals surface area contributed by atoms with E-state index in [0.29, 0.717) is 9.79 Å². The first-order valence-corrected chi connectivity index (χ1v) is 8.94. The van der Waals surface area contributed by atoms with Crippen molar-refractivity contribution in [2.24, 2.45) is 0 Å². The molecule has 0 atom stereocenters. The molecule has 0 heterocycles. The third-order valence-corrected chi connectivity index (χ3v) is 5.69. The molecule has 116 valence electrons. The van der Waals surface area contributed by atoms with Gasteiger partial charge in [0.05, 0.1) is 9.79 Å². The minimum absolute atomic E-state index is 0.329. The van der Waals surface area contributed by atoms with E-state index in [1.54, 1.807) is 24.3 Å². The summed E-state index contributed by atoms with van der Waals surface area (Å²) in [5.41, 5.74) is 4.13. The largest absolute Gasteiger partial charge is 0.219 e. The van der Waals surface area contributed by atoms with Crippen molar-refractivity contribution >= 4 is 9.84 Å². The molecule has 0 saturated heterocycles. The van der Waals surface area contributed by atoms with Gasteiger partial charge in [-0.1, -0.05) is 54.1 Å². The monoisotopic (exact) mass is 322 g/mol. The Kier molecular flexibility index (Phi) is 4.05. The second-order valence-electron chi connectivity index (χ2n) is 5.66. The first-order valence-electron chi connectivity index (χ1n) is 7.46. The van der Waals surface area contributed by atoms with E-state index in [1.165, 1.54) is 0 Å². The average molecular weight is 322 g/mol. The fourth-order valence-corrected chi connectivity index (χ4v) is 3.94. The van der Waals surface area contributed by atoms with Crippen LogP contribution in [0.15, 0.2) is 82.6 Å². The third kappa shape index (κ3) is 3.06. The zero-order valence-electron chi connectivity index (χ0n) is 13.2. The lowest BCUT2D eigenvalue weighted by Crippen LogP contribution is -2.02. The van der Waals surface area contributed by atoms with Crippen LogP contribution in [0.1, 0.15) is 11.1 Å². The first kappa shape index (κ1) is 15.5. The van der Waals surface area contributed by atoms with Crippen molar-refractivity contribution < 1.29 is 8.42 Å². The second kappa shape index (κ2) is 6.01. The summed E-state index contributed by atoms with van der Waals surface area (Å²) < 4.78 is 25.5. The number of aryl methyl sites for hydroxylation is 2. The van der Waals surface area contributed by atoms with Gasteiger partial charge in [0.2, 0.25) is 9.84 Å². The maximum Gasteiger partial charge on any atom is 0.206 e. The van der Waals surface area contributed by atoms with Crippen LogP contribution in [-0.4, -0.2) is 8.42 Å². The quantitative estimate of drug-likeness (QED) is 0.694. The highest BCUT2D eigenvalue weighted by Gasteiger charge is 2.18. The molecule has 0 aliphatic carbocycles. The van der Waals surface area contributed by atoms with E-state index in [-0.39, 0.29) is 0 Å². The van der Waals surface area contributed by atoms with Crippen molar-refractivity contribution in [3.8, 4) is 11.1 Å². The Morgan fingerprint density at radius 1 is 0.696 bits per heavy atom. The van der Waals surface area contributed by atoms with Crippen molar-refractivity contribution in [1.29, 1.82) is 0 Å². The smallest absolute Gasteiger partial charge is 0.206 e. The Bertz CT molecular complexity index is 925. The summed E-state index contributed by atoms with van der Waals surface area (Å²) in [4.78, 5) is 0.661. The third-order valence-electron chi connectivity index (χ3n) is 3.92. The zero-order valence-corrected chi connectivity index (χ0v) is 14.0. The van der Waals surface area contributed by atoms with Gasteiger partial charge < -0.3 is 0 Å². The summed E-state index contributed by atoms with van der Waals surface area (Å²) in [6.07, 6.45) is 0. The Balaban J connectivity index is 2.05. The molecule has 3 rings (SSSR count). The Labute approximate surface area is 137 Å². The SMILES string of the molecule is Cc1ccc(S(=O)(=O)c2ccc(-c3ccccc3)c(C)c2)cc1. The van der Waals surface area contributed by atoms with E-state index >= 15 is 0 Å². The first-order chi connectivity index (χ1) is 11.0. The van der Waals surface area contributed by atoms with Gasteiger partial charge in [0, 0.05) is 0 Å². The van der Waals surface area contributed by atoms with Crippen LogP contribution in [0, 0.1) is 13.8 Å². The van der Waals surface area contributed by atoms with Crippen LogP contribution < -0.4 is 0 Å². The number of hydrogen-bond donors (Lipinski definition) is 0. The molecule has 0 unspecified atom stereocenters. The minimum Gasteiger partial charge on any atom is -0.219 e. The average Bonchev–Trinajstić information content (AvgIpc) is 2.56. The summed E-state index contributed by atoms with van der Waals surface area (Å²) in [5.74, 6) is 0. The predicted molar refractivity (Wildman–Crippen MR) is 93.2 cm³/mol. The van der Waals surface area contributed by atoms with Gasteiger partial charge in [0.15, 0.2) is 0 Å². The van der Waals surface area contributed by atoms with Crippen LogP contribution in [-0.2, 0) is 9.84 Å². The molecular formula is C20H18O2S. The van der Waals surface area contributed by atoms with Crippen LogP contribution in [0.4, 0.5) is 0 Å². The molecule has 3 aromatic carbocycles. The van der Waals surface area contributed by atoms with Gasteiger partial charge in [0.25, 0.3) is 0 Å². The zero-order chi connectivity index (χ0) is 16.4. The molecule has 23 heavy (non-hydrogen) atoms. The number of hydrogen-bond acceptors (Lipinski definition) is 2. The Hall–Kier alpha value is -2.39. The number of sulfone groups is 1. The number of benzene rings is 3. The molecule has 0 bridgehead atoms. The standard InChI is InChI=1S/C20H18O2S/c1-15-8-10-18(11-9-15)23(21,22)19-12-13-20(16(2)14-19)17-6-4-3-5-7-17/h3-14H,1-2H3. The highest BCUT2D eigenvalue weighted by atomic mass is 32.2. The lowest BCUT2D eigenvalue weighted by atomic mass is 10.0. The summed E-state index contributed by atoms with van der Waals surface area (Å²) >= 11 is 0. The van der Waals surface area contributed by atoms with Gasteiger partial charge in [-0.05, 0) is 54.8 Å². The topological polar surface area (TPSA) is 34.1 Å². The molecule has 0 fully saturated rings. The van der Waals surface area contributed by atoms with Crippen molar-refractivity contribution in [1.82, 2.24) is 0 Å². The van der Waals surface area contributed by atoms with Crippen molar-refractivity contribution in [2.45, 2.75) is 23.6 Å². The molecule has 0 aliphatic rings. The lowest BCUT2D eigenvalue weighted by Gasteiger charge is -2.10. The maximum absolute atomic E-state index is 12.7. The lowest BCUT2D eigenvalue weighted by molar-refractivity contribution is 0.596. The molecule has 0 spiro atoms. The summed E-state index contributed by atoms with van der Waals surface area (Å²) in [5, 5.41) is 0. The molecule has 0 N–H and O–H groups in total. The Morgan fingerprint density at radius 2 is 1.30 bits per heavy atom. The Morgan fingerprint density at radius 3 is 1.91 bits per heavy atom. The maximum atomic E-state index is 12.7. The molecule has 3 aromatic rings. The van der Waals surface area contributed by atoms with Crippen LogP contribution in [0.25, 0.3) is 11.1 Å². The van der Waals surface area contributed by atoms with E-state index in [9.17, 15) is 8.42 Å². The highest BCUT2D eigenvalue weighted by molar-refractivity contribution is 7.91. The molecular weight excluding hydrogens is 304 g/mol. The molecule has 2 nitrogen and oxygen atoms in total. The number of rotatable bonds is 3. The summed E-state index contributed by atoms with van der Waals surface area (Å²) in [7, 11) is -3.48. The van der Waals surface area contributed by atoms with E-state index in [4.69, 9.17) is 0 Å². The minimum atomic E-state index is -3.48. The van der Waals surface area contributed by atoms with Crippen molar-refractivity contribution in [3.63, 3.8) is 0 Å². The molecule has 3 heteroatoms. The van der Waals surface area contributed by atoms with E-state index in [0.717, 1.165) is 22.3 Å².